The van der Waals surface area contributed by atoms with Crippen LogP contribution >= 0.6 is 0 Å². The molecule has 0 unspecified atom stereocenters. The summed E-state index contributed by atoms with van der Waals surface area (Å²) in [5.41, 5.74) is 2.67. The van der Waals surface area contributed by atoms with Crippen molar-refractivity contribution in [3.63, 3.8) is 0 Å². The molecule has 112 valence electrons. The van der Waals surface area contributed by atoms with Crippen LogP contribution in [0.3, 0.4) is 0 Å². The molecule has 0 atom stereocenters. The Morgan fingerprint density at radius 3 is 2.32 bits per heavy atom. The third kappa shape index (κ3) is 2.72. The molecule has 3 rings (SSSR count). The minimum Gasteiger partial charge on any atom is -0.310 e. The molecular weight excluding hydrogens is 276 g/mol. The summed E-state index contributed by atoms with van der Waals surface area (Å²) >= 11 is 0. The first kappa shape index (κ1) is 14.3. The maximum absolute atomic E-state index is 12.5. The number of benzene rings is 2. The SMILES string of the molecule is CC(=O)N1CCC(=O)N(Cc2ccccc2)c2ccccc21. The van der Waals surface area contributed by atoms with E-state index in [1.807, 2.05) is 54.6 Å². The number of para-hydroxylation sites is 2. The van der Waals surface area contributed by atoms with E-state index < -0.39 is 0 Å². The number of carbonyl (C=O) groups is 2. The summed E-state index contributed by atoms with van der Waals surface area (Å²) in [5, 5.41) is 0. The van der Waals surface area contributed by atoms with Gasteiger partial charge in [0.2, 0.25) is 11.8 Å². The molecule has 0 spiro atoms. The standard InChI is InChI=1S/C18H18N2O2/c1-14(21)19-12-11-18(22)20(13-15-7-3-2-4-8-15)17-10-6-5-9-16(17)19/h2-10H,11-13H2,1H3. The summed E-state index contributed by atoms with van der Waals surface area (Å²) < 4.78 is 0. The first-order valence-corrected chi connectivity index (χ1v) is 7.38. The number of amides is 2. The fourth-order valence-electron chi connectivity index (χ4n) is 2.78. The van der Waals surface area contributed by atoms with Crippen LogP contribution in [0, 0.1) is 0 Å². The van der Waals surface area contributed by atoms with Gasteiger partial charge in [-0.15, -0.1) is 0 Å². The van der Waals surface area contributed by atoms with Crippen molar-refractivity contribution >= 4 is 23.2 Å². The van der Waals surface area contributed by atoms with Gasteiger partial charge in [0.15, 0.2) is 0 Å². The van der Waals surface area contributed by atoms with Crippen molar-refractivity contribution in [1.29, 1.82) is 0 Å². The highest BCUT2D eigenvalue weighted by atomic mass is 16.2. The Balaban J connectivity index is 2.02. The number of nitrogens with zero attached hydrogens (tertiary/aromatic N) is 2. The van der Waals surface area contributed by atoms with Gasteiger partial charge in [0.1, 0.15) is 0 Å². The number of anilines is 2. The van der Waals surface area contributed by atoms with Gasteiger partial charge < -0.3 is 9.80 Å². The predicted octanol–water partition coefficient (Wildman–Crippen LogP) is 2.98. The normalized spacial score (nSPS) is 14.5. The number of fused-ring (bicyclic) bond motifs is 1. The zero-order chi connectivity index (χ0) is 15.5. The maximum atomic E-state index is 12.5. The molecular formula is C18H18N2O2. The molecule has 0 fully saturated rings. The molecule has 0 aromatic heterocycles. The van der Waals surface area contributed by atoms with Crippen molar-refractivity contribution in [2.75, 3.05) is 16.3 Å². The molecule has 0 bridgehead atoms. The molecule has 22 heavy (non-hydrogen) atoms. The molecule has 1 aliphatic heterocycles. The lowest BCUT2D eigenvalue weighted by Gasteiger charge is -2.25. The van der Waals surface area contributed by atoms with E-state index in [9.17, 15) is 9.59 Å². The van der Waals surface area contributed by atoms with Crippen molar-refractivity contribution in [3.05, 3.63) is 60.2 Å². The minimum atomic E-state index is -0.0400. The van der Waals surface area contributed by atoms with E-state index >= 15 is 0 Å². The Morgan fingerprint density at radius 1 is 1.00 bits per heavy atom. The third-order valence-electron chi connectivity index (χ3n) is 3.88. The van der Waals surface area contributed by atoms with Gasteiger partial charge in [-0.2, -0.15) is 0 Å². The van der Waals surface area contributed by atoms with E-state index in [1.165, 1.54) is 6.92 Å². The zero-order valence-corrected chi connectivity index (χ0v) is 12.5. The van der Waals surface area contributed by atoms with Gasteiger partial charge in [0.05, 0.1) is 17.9 Å². The first-order chi connectivity index (χ1) is 10.7. The monoisotopic (exact) mass is 294 g/mol. The largest absolute Gasteiger partial charge is 0.310 e. The van der Waals surface area contributed by atoms with Gasteiger partial charge in [-0.1, -0.05) is 42.5 Å². The summed E-state index contributed by atoms with van der Waals surface area (Å²) in [6.07, 6.45) is 0.334. The van der Waals surface area contributed by atoms with Crippen LogP contribution in [0.15, 0.2) is 54.6 Å². The summed E-state index contributed by atoms with van der Waals surface area (Å²) in [5.74, 6) is 0.00173. The average Bonchev–Trinajstić information content (AvgIpc) is 2.66. The zero-order valence-electron chi connectivity index (χ0n) is 12.5. The molecule has 1 aliphatic rings. The summed E-state index contributed by atoms with van der Waals surface area (Å²) in [4.78, 5) is 27.9. The highest BCUT2D eigenvalue weighted by Crippen LogP contribution is 2.33. The van der Waals surface area contributed by atoms with Crippen LogP contribution in [0.25, 0.3) is 0 Å². The Hall–Kier alpha value is -2.62. The van der Waals surface area contributed by atoms with Crippen LogP contribution in [0.2, 0.25) is 0 Å². The van der Waals surface area contributed by atoms with Crippen molar-refractivity contribution in [1.82, 2.24) is 0 Å². The lowest BCUT2D eigenvalue weighted by atomic mass is 10.1. The van der Waals surface area contributed by atoms with Crippen molar-refractivity contribution in [2.24, 2.45) is 0 Å². The Bertz CT molecular complexity index is 697. The van der Waals surface area contributed by atoms with Crippen LogP contribution in [-0.2, 0) is 16.1 Å². The van der Waals surface area contributed by atoms with Gasteiger partial charge in [0, 0.05) is 19.9 Å². The van der Waals surface area contributed by atoms with E-state index in [1.54, 1.807) is 9.80 Å². The molecule has 2 aromatic carbocycles. The number of carbonyl (C=O) groups excluding carboxylic acids is 2. The highest BCUT2D eigenvalue weighted by Gasteiger charge is 2.27. The highest BCUT2D eigenvalue weighted by molar-refractivity contribution is 6.04. The lowest BCUT2D eigenvalue weighted by Crippen LogP contribution is -2.30. The van der Waals surface area contributed by atoms with E-state index in [0.29, 0.717) is 19.5 Å². The van der Waals surface area contributed by atoms with Crippen LogP contribution in [0.1, 0.15) is 18.9 Å². The molecule has 4 nitrogen and oxygen atoms in total. The molecule has 2 amide bonds. The number of hydrogen-bond donors (Lipinski definition) is 0. The molecule has 1 heterocycles. The molecule has 0 N–H and O–H groups in total. The van der Waals surface area contributed by atoms with E-state index in [4.69, 9.17) is 0 Å². The Labute approximate surface area is 130 Å². The Kier molecular flexibility index (Phi) is 3.92. The predicted molar refractivity (Wildman–Crippen MR) is 86.7 cm³/mol. The van der Waals surface area contributed by atoms with E-state index in [0.717, 1.165) is 16.9 Å². The third-order valence-corrected chi connectivity index (χ3v) is 3.88. The summed E-state index contributed by atoms with van der Waals surface area (Å²) in [6.45, 7) is 2.48. The van der Waals surface area contributed by atoms with Gasteiger partial charge in [-0.3, -0.25) is 9.59 Å². The first-order valence-electron chi connectivity index (χ1n) is 7.38. The van der Waals surface area contributed by atoms with Gasteiger partial charge in [-0.05, 0) is 17.7 Å². The molecule has 4 heteroatoms. The van der Waals surface area contributed by atoms with Gasteiger partial charge >= 0.3 is 0 Å². The van der Waals surface area contributed by atoms with Crippen molar-refractivity contribution < 1.29 is 9.59 Å². The molecule has 0 radical (unpaired) electrons. The fraction of sp³-hybridized carbons (Fsp3) is 0.222. The average molecular weight is 294 g/mol. The molecule has 0 aliphatic carbocycles. The minimum absolute atomic E-state index is 0.0400. The summed E-state index contributed by atoms with van der Waals surface area (Å²) in [6, 6.07) is 17.5. The van der Waals surface area contributed by atoms with Crippen LogP contribution in [0.5, 0.6) is 0 Å². The lowest BCUT2D eigenvalue weighted by molar-refractivity contribution is -0.118. The van der Waals surface area contributed by atoms with Crippen molar-refractivity contribution in [2.45, 2.75) is 19.9 Å². The van der Waals surface area contributed by atoms with Crippen LogP contribution in [0.4, 0.5) is 11.4 Å². The van der Waals surface area contributed by atoms with Crippen LogP contribution in [-0.4, -0.2) is 18.4 Å². The van der Waals surface area contributed by atoms with Crippen molar-refractivity contribution in [3.8, 4) is 0 Å². The molecule has 0 saturated heterocycles. The quantitative estimate of drug-likeness (QED) is 0.854. The summed E-state index contributed by atoms with van der Waals surface area (Å²) in [7, 11) is 0. The molecule has 0 saturated carbocycles. The molecule has 2 aromatic rings. The number of rotatable bonds is 2. The topological polar surface area (TPSA) is 40.6 Å². The Morgan fingerprint density at radius 2 is 1.64 bits per heavy atom. The van der Waals surface area contributed by atoms with Crippen LogP contribution < -0.4 is 9.80 Å². The van der Waals surface area contributed by atoms with Gasteiger partial charge in [-0.25, -0.2) is 0 Å². The second-order valence-electron chi connectivity index (χ2n) is 5.37. The fourth-order valence-corrected chi connectivity index (χ4v) is 2.78. The second kappa shape index (κ2) is 6.02. The maximum Gasteiger partial charge on any atom is 0.229 e. The smallest absolute Gasteiger partial charge is 0.229 e. The van der Waals surface area contributed by atoms with E-state index in [-0.39, 0.29) is 11.8 Å². The van der Waals surface area contributed by atoms with E-state index in [2.05, 4.69) is 0 Å². The second-order valence-corrected chi connectivity index (χ2v) is 5.37. The van der Waals surface area contributed by atoms with Gasteiger partial charge in [0.25, 0.3) is 0 Å². The number of hydrogen-bond acceptors (Lipinski definition) is 2.